The Kier molecular flexibility index (Phi) is 10.1. The molecule has 252 valence electrons. The Balaban J connectivity index is 1.19. The molecule has 0 radical (unpaired) electrons. The van der Waals surface area contributed by atoms with Crippen LogP contribution in [-0.4, -0.2) is 116 Å². The number of fused-ring (bicyclic) bond motifs is 2. The number of ether oxygens (including phenoxy) is 1. The fourth-order valence-corrected chi connectivity index (χ4v) is 7.05. The fraction of sp³-hybridized carbons (Fsp3) is 0.500. The number of likely N-dealkylation sites (N-methyl/N-ethyl adjacent to an activating group) is 2. The van der Waals surface area contributed by atoms with E-state index >= 15 is 0 Å². The van der Waals surface area contributed by atoms with E-state index in [0.29, 0.717) is 56.4 Å². The monoisotopic (exact) mass is 671 g/mol. The van der Waals surface area contributed by atoms with E-state index in [1.807, 2.05) is 12.1 Å². The SMILES string of the molecule is CN(C/C=C/C(=O)N1CCN(c2nc(OC[C@@H]3CCCN3C)nc3c2CCN(c2cccc4cccc(Cl)c24)C3)CC1)CC(F)(F)F. The van der Waals surface area contributed by atoms with E-state index in [4.69, 9.17) is 26.3 Å². The second kappa shape index (κ2) is 14.2. The van der Waals surface area contributed by atoms with E-state index < -0.39 is 12.7 Å². The lowest BCUT2D eigenvalue weighted by molar-refractivity contribution is -0.141. The second-order valence-electron chi connectivity index (χ2n) is 12.7. The first-order valence-electron chi connectivity index (χ1n) is 16.2. The zero-order valence-corrected chi connectivity index (χ0v) is 27.6. The maximum Gasteiger partial charge on any atom is 0.401 e. The zero-order chi connectivity index (χ0) is 33.1. The van der Waals surface area contributed by atoms with Crippen LogP contribution in [-0.2, 0) is 17.8 Å². The summed E-state index contributed by atoms with van der Waals surface area (Å²) >= 11 is 6.69. The Morgan fingerprint density at radius 1 is 1.06 bits per heavy atom. The van der Waals surface area contributed by atoms with Gasteiger partial charge in [-0.05, 0) is 57.4 Å². The standard InChI is InChI=1S/C34H41ClF3N7O2/c1-41(23-34(36,37)38)14-6-12-30(46)43-17-19-44(20-18-43)32-26-13-16-45(29-11-4-8-24-7-3-10-27(35)31(24)29)21-28(26)39-33(40-32)47-22-25-9-5-15-42(25)2/h3-4,6-8,10-12,25H,5,9,13-23H2,1-2H3/b12-6+/t25-/m0/s1. The molecule has 0 saturated carbocycles. The highest BCUT2D eigenvalue weighted by molar-refractivity contribution is 6.36. The predicted molar refractivity (Wildman–Crippen MR) is 178 cm³/mol. The van der Waals surface area contributed by atoms with Gasteiger partial charge in [-0.15, -0.1) is 0 Å². The van der Waals surface area contributed by atoms with Gasteiger partial charge in [-0.3, -0.25) is 9.69 Å². The number of alkyl halides is 3. The lowest BCUT2D eigenvalue weighted by atomic mass is 10.0. The van der Waals surface area contributed by atoms with Gasteiger partial charge in [0.1, 0.15) is 12.4 Å². The van der Waals surface area contributed by atoms with Gasteiger partial charge in [-0.25, -0.2) is 0 Å². The number of carbonyl (C=O) groups is 1. The van der Waals surface area contributed by atoms with Crippen molar-refractivity contribution < 1.29 is 22.7 Å². The fourth-order valence-electron chi connectivity index (χ4n) is 6.77. The van der Waals surface area contributed by atoms with Gasteiger partial charge in [-0.2, -0.15) is 23.1 Å². The summed E-state index contributed by atoms with van der Waals surface area (Å²) in [5.41, 5.74) is 3.08. The van der Waals surface area contributed by atoms with Crippen LogP contribution < -0.4 is 14.5 Å². The van der Waals surface area contributed by atoms with Crippen molar-refractivity contribution in [3.05, 3.63) is 64.8 Å². The number of halogens is 4. The number of hydrogen-bond acceptors (Lipinski definition) is 8. The molecule has 1 amide bonds. The molecule has 1 aromatic heterocycles. The first-order valence-corrected chi connectivity index (χ1v) is 16.5. The smallest absolute Gasteiger partial charge is 0.401 e. The number of nitrogens with zero attached hydrogens (tertiary/aromatic N) is 7. The maximum atomic E-state index is 12.8. The van der Waals surface area contributed by atoms with Gasteiger partial charge in [0.2, 0.25) is 5.91 Å². The number of hydrogen-bond donors (Lipinski definition) is 0. The average molecular weight is 672 g/mol. The minimum Gasteiger partial charge on any atom is -0.462 e. The third-order valence-electron chi connectivity index (χ3n) is 9.29. The lowest BCUT2D eigenvalue weighted by Gasteiger charge is -2.38. The highest BCUT2D eigenvalue weighted by Gasteiger charge is 2.31. The van der Waals surface area contributed by atoms with Gasteiger partial charge in [0.15, 0.2) is 0 Å². The van der Waals surface area contributed by atoms with Gasteiger partial charge in [-0.1, -0.05) is 41.9 Å². The van der Waals surface area contributed by atoms with Crippen molar-refractivity contribution in [2.45, 2.75) is 38.0 Å². The molecule has 2 aromatic carbocycles. The third-order valence-corrected chi connectivity index (χ3v) is 9.60. The molecule has 2 saturated heterocycles. The Morgan fingerprint density at radius 2 is 1.83 bits per heavy atom. The zero-order valence-electron chi connectivity index (χ0n) is 26.8. The molecule has 0 N–H and O–H groups in total. The molecular weight excluding hydrogens is 631 g/mol. The first-order chi connectivity index (χ1) is 22.6. The topological polar surface area (TPSA) is 68.3 Å². The van der Waals surface area contributed by atoms with Crippen LogP contribution in [0.25, 0.3) is 10.8 Å². The van der Waals surface area contributed by atoms with Crippen molar-refractivity contribution in [3.63, 3.8) is 0 Å². The molecule has 0 unspecified atom stereocenters. The van der Waals surface area contributed by atoms with E-state index in [0.717, 1.165) is 70.8 Å². The Labute approximate surface area is 278 Å². The van der Waals surface area contributed by atoms with Crippen LogP contribution in [0.4, 0.5) is 24.7 Å². The highest BCUT2D eigenvalue weighted by Crippen LogP contribution is 2.37. The van der Waals surface area contributed by atoms with Crippen molar-refractivity contribution >= 4 is 39.8 Å². The number of amides is 1. The molecule has 0 spiro atoms. The van der Waals surface area contributed by atoms with Gasteiger partial charge in [0.25, 0.3) is 0 Å². The summed E-state index contributed by atoms with van der Waals surface area (Å²) in [6.45, 7) is 4.04. The third kappa shape index (κ3) is 7.93. The molecule has 47 heavy (non-hydrogen) atoms. The lowest BCUT2D eigenvalue weighted by Crippen LogP contribution is -2.49. The van der Waals surface area contributed by atoms with E-state index in [-0.39, 0.29) is 12.5 Å². The number of carbonyl (C=O) groups excluding carboxylic acids is 1. The molecule has 4 heterocycles. The average Bonchev–Trinajstić information content (AvgIpc) is 3.46. The number of anilines is 2. The number of aromatic nitrogens is 2. The molecule has 13 heteroatoms. The van der Waals surface area contributed by atoms with E-state index in [2.05, 4.69) is 46.0 Å². The Morgan fingerprint density at radius 3 is 2.55 bits per heavy atom. The van der Waals surface area contributed by atoms with Crippen LogP contribution in [0.5, 0.6) is 6.01 Å². The molecule has 3 aromatic rings. The van der Waals surface area contributed by atoms with Crippen molar-refractivity contribution in [1.29, 1.82) is 0 Å². The summed E-state index contributed by atoms with van der Waals surface area (Å²) in [7, 11) is 3.49. The number of piperazine rings is 1. The van der Waals surface area contributed by atoms with E-state index in [1.165, 1.54) is 19.2 Å². The summed E-state index contributed by atoms with van der Waals surface area (Å²) in [6.07, 6.45) is 1.54. The normalized spacial score (nSPS) is 19.3. The van der Waals surface area contributed by atoms with Crippen LogP contribution >= 0.6 is 11.6 Å². The highest BCUT2D eigenvalue weighted by atomic mass is 35.5. The van der Waals surface area contributed by atoms with Gasteiger partial charge < -0.3 is 24.3 Å². The second-order valence-corrected chi connectivity index (χ2v) is 13.1. The largest absolute Gasteiger partial charge is 0.462 e. The van der Waals surface area contributed by atoms with Crippen LogP contribution in [0.3, 0.4) is 0 Å². The summed E-state index contributed by atoms with van der Waals surface area (Å²) in [5, 5.41) is 2.83. The number of benzene rings is 2. The van der Waals surface area contributed by atoms with E-state index in [9.17, 15) is 18.0 Å². The van der Waals surface area contributed by atoms with Crippen molar-refractivity contribution in [3.8, 4) is 6.01 Å². The predicted octanol–water partition coefficient (Wildman–Crippen LogP) is 5.02. The number of likely N-dealkylation sites (tertiary alicyclic amines) is 1. The van der Waals surface area contributed by atoms with Crippen molar-refractivity contribution in [1.82, 2.24) is 24.7 Å². The Bertz CT molecular complexity index is 1610. The van der Waals surface area contributed by atoms with Crippen LogP contribution in [0.2, 0.25) is 5.02 Å². The Hall–Kier alpha value is -3.61. The molecular formula is C34H41ClF3N7O2. The van der Waals surface area contributed by atoms with Crippen LogP contribution in [0.1, 0.15) is 24.1 Å². The summed E-state index contributed by atoms with van der Waals surface area (Å²) in [4.78, 5) is 32.4. The molecule has 0 aliphatic carbocycles. The van der Waals surface area contributed by atoms with Crippen LogP contribution in [0.15, 0.2) is 48.6 Å². The molecule has 0 bridgehead atoms. The van der Waals surface area contributed by atoms with Crippen molar-refractivity contribution in [2.75, 3.05) is 82.9 Å². The quantitative estimate of drug-likeness (QED) is 0.294. The van der Waals surface area contributed by atoms with E-state index in [1.54, 1.807) is 4.90 Å². The molecule has 6 rings (SSSR count). The summed E-state index contributed by atoms with van der Waals surface area (Å²) < 4.78 is 44.1. The van der Waals surface area contributed by atoms with Gasteiger partial charge in [0.05, 0.1) is 23.8 Å². The van der Waals surface area contributed by atoms with Crippen molar-refractivity contribution in [2.24, 2.45) is 0 Å². The van der Waals surface area contributed by atoms with Gasteiger partial charge in [0, 0.05) is 68.0 Å². The maximum absolute atomic E-state index is 12.8. The molecule has 3 aliphatic rings. The summed E-state index contributed by atoms with van der Waals surface area (Å²) in [5.74, 6) is 0.640. The number of rotatable bonds is 9. The van der Waals surface area contributed by atoms with Gasteiger partial charge >= 0.3 is 12.2 Å². The minimum absolute atomic E-state index is 0.0414. The molecule has 9 nitrogen and oxygen atoms in total. The molecule has 1 atom stereocenters. The minimum atomic E-state index is -4.27. The summed E-state index contributed by atoms with van der Waals surface area (Å²) in [6, 6.07) is 12.9. The first kappa shape index (κ1) is 33.3. The van der Waals surface area contributed by atoms with Crippen LogP contribution in [0, 0.1) is 0 Å². The molecule has 2 fully saturated rings. The molecule has 3 aliphatic heterocycles.